The van der Waals surface area contributed by atoms with Gasteiger partial charge in [-0.2, -0.15) is 0 Å². The number of anilines is 2. The Hall–Kier alpha value is -3.72. The van der Waals surface area contributed by atoms with Gasteiger partial charge in [0.05, 0.1) is 23.3 Å². The fourth-order valence-electron chi connectivity index (χ4n) is 2.85. The van der Waals surface area contributed by atoms with Crippen molar-refractivity contribution in [3.63, 3.8) is 0 Å². The smallest absolute Gasteiger partial charge is 0.338 e. The lowest BCUT2D eigenvalue weighted by atomic mass is 10.1. The number of carbonyl (C=O) groups excluding carboxylic acids is 2. The van der Waals surface area contributed by atoms with E-state index in [0.29, 0.717) is 16.8 Å². The summed E-state index contributed by atoms with van der Waals surface area (Å²) in [5, 5.41) is 2.66. The monoisotopic (exact) mass is 442 g/mol. The molecule has 0 unspecified atom stereocenters. The van der Waals surface area contributed by atoms with Crippen LogP contribution in [0.15, 0.2) is 71.6 Å². The fourth-order valence-corrected chi connectivity index (χ4v) is 3.96. The molecule has 0 aliphatic heterocycles. The lowest BCUT2D eigenvalue weighted by Crippen LogP contribution is -2.17. The van der Waals surface area contributed by atoms with Crippen molar-refractivity contribution in [2.75, 3.05) is 17.1 Å². The average molecular weight is 442 g/mol. The molecule has 3 aromatic carbocycles. The number of carbonyl (C=O) groups is 2. The standard InChI is InChI=1S/C22H19FN2O5S/c1-14-17(22(27)30-2)9-6-12-19(14)24-21(26)15-7-5-8-16(13-15)31(28,29)25-20-11-4-3-10-18(20)23/h3-13,25H,1-2H3,(H,24,26). The molecule has 0 fully saturated rings. The first-order chi connectivity index (χ1) is 14.7. The van der Waals surface area contributed by atoms with Gasteiger partial charge in [-0.1, -0.05) is 24.3 Å². The van der Waals surface area contributed by atoms with Crippen LogP contribution in [0.3, 0.4) is 0 Å². The molecule has 0 bridgehead atoms. The summed E-state index contributed by atoms with van der Waals surface area (Å²) >= 11 is 0. The number of para-hydroxylation sites is 1. The molecular weight excluding hydrogens is 423 g/mol. The van der Waals surface area contributed by atoms with Gasteiger partial charge >= 0.3 is 5.97 Å². The van der Waals surface area contributed by atoms with Crippen molar-refractivity contribution in [2.45, 2.75) is 11.8 Å². The zero-order valence-corrected chi connectivity index (χ0v) is 17.5. The highest BCUT2D eigenvalue weighted by Crippen LogP contribution is 2.22. The minimum Gasteiger partial charge on any atom is -0.465 e. The van der Waals surface area contributed by atoms with E-state index in [2.05, 4.69) is 10.0 Å². The Morgan fingerprint density at radius 1 is 0.935 bits per heavy atom. The summed E-state index contributed by atoms with van der Waals surface area (Å²) in [6, 6.07) is 15.4. The third-order valence-corrected chi connectivity index (χ3v) is 5.88. The summed E-state index contributed by atoms with van der Waals surface area (Å²) in [5.41, 5.74) is 1.05. The van der Waals surface area contributed by atoms with E-state index in [9.17, 15) is 22.4 Å². The van der Waals surface area contributed by atoms with Crippen LogP contribution in [0.5, 0.6) is 0 Å². The number of esters is 1. The third kappa shape index (κ3) is 4.89. The van der Waals surface area contributed by atoms with Crippen LogP contribution in [0.4, 0.5) is 15.8 Å². The lowest BCUT2D eigenvalue weighted by molar-refractivity contribution is 0.0599. The van der Waals surface area contributed by atoms with E-state index in [1.807, 2.05) is 0 Å². The molecule has 0 spiro atoms. The van der Waals surface area contributed by atoms with Gasteiger partial charge in [0.25, 0.3) is 15.9 Å². The number of hydrogen-bond donors (Lipinski definition) is 2. The lowest BCUT2D eigenvalue weighted by Gasteiger charge is -2.12. The zero-order chi connectivity index (χ0) is 22.6. The van der Waals surface area contributed by atoms with Crippen LogP contribution in [-0.4, -0.2) is 27.4 Å². The third-order valence-electron chi connectivity index (χ3n) is 4.51. The summed E-state index contributed by atoms with van der Waals surface area (Å²) in [6.45, 7) is 1.65. The zero-order valence-electron chi connectivity index (χ0n) is 16.7. The Balaban J connectivity index is 1.86. The molecule has 160 valence electrons. The number of sulfonamides is 1. The molecular formula is C22H19FN2O5S. The Bertz CT molecular complexity index is 1260. The second kappa shape index (κ2) is 8.97. The van der Waals surface area contributed by atoms with Crippen LogP contribution < -0.4 is 10.0 Å². The molecule has 0 radical (unpaired) electrons. The molecule has 31 heavy (non-hydrogen) atoms. The molecule has 0 atom stereocenters. The number of methoxy groups -OCH3 is 1. The van der Waals surface area contributed by atoms with Crippen molar-refractivity contribution in [1.29, 1.82) is 0 Å². The van der Waals surface area contributed by atoms with Gasteiger partial charge in [-0.25, -0.2) is 17.6 Å². The SMILES string of the molecule is COC(=O)c1cccc(NC(=O)c2cccc(S(=O)(=O)Nc3ccccc3F)c2)c1C. The van der Waals surface area contributed by atoms with Gasteiger partial charge in [0, 0.05) is 11.3 Å². The minimum absolute atomic E-state index is 0.0688. The van der Waals surface area contributed by atoms with Crippen molar-refractivity contribution < 1.29 is 27.1 Å². The number of amides is 1. The summed E-state index contributed by atoms with van der Waals surface area (Å²) < 4.78 is 46.0. The van der Waals surface area contributed by atoms with Crippen molar-refractivity contribution in [3.05, 3.63) is 89.2 Å². The first-order valence-corrected chi connectivity index (χ1v) is 10.6. The average Bonchev–Trinajstić information content (AvgIpc) is 2.76. The molecule has 3 aromatic rings. The maximum atomic E-state index is 13.8. The van der Waals surface area contributed by atoms with Crippen LogP contribution >= 0.6 is 0 Å². The molecule has 0 aliphatic rings. The fraction of sp³-hybridized carbons (Fsp3) is 0.0909. The molecule has 9 heteroatoms. The van der Waals surface area contributed by atoms with Crippen LogP contribution in [-0.2, 0) is 14.8 Å². The number of benzene rings is 3. The predicted octanol–water partition coefficient (Wildman–Crippen LogP) is 3.97. The van der Waals surface area contributed by atoms with Gasteiger partial charge in [0.1, 0.15) is 5.82 Å². The quantitative estimate of drug-likeness (QED) is 0.563. The van der Waals surface area contributed by atoms with E-state index in [4.69, 9.17) is 4.74 Å². The second-order valence-corrected chi connectivity index (χ2v) is 8.22. The first-order valence-electron chi connectivity index (χ1n) is 9.09. The molecule has 2 N–H and O–H groups in total. The van der Waals surface area contributed by atoms with E-state index >= 15 is 0 Å². The largest absolute Gasteiger partial charge is 0.465 e. The van der Waals surface area contributed by atoms with Gasteiger partial charge in [-0.3, -0.25) is 9.52 Å². The molecule has 0 saturated carbocycles. The van der Waals surface area contributed by atoms with E-state index < -0.39 is 27.7 Å². The molecule has 0 aliphatic carbocycles. The van der Waals surface area contributed by atoms with E-state index in [1.54, 1.807) is 25.1 Å². The predicted molar refractivity (Wildman–Crippen MR) is 114 cm³/mol. The van der Waals surface area contributed by atoms with Crippen molar-refractivity contribution >= 4 is 33.3 Å². The number of rotatable bonds is 6. The molecule has 0 aromatic heterocycles. The molecule has 0 saturated heterocycles. The second-order valence-electron chi connectivity index (χ2n) is 6.54. The Morgan fingerprint density at radius 2 is 1.61 bits per heavy atom. The highest BCUT2D eigenvalue weighted by molar-refractivity contribution is 7.92. The number of ether oxygens (including phenoxy) is 1. The topological polar surface area (TPSA) is 102 Å². The van der Waals surface area contributed by atoms with E-state index in [1.165, 1.54) is 49.6 Å². The number of halogens is 1. The van der Waals surface area contributed by atoms with Crippen LogP contribution in [0.2, 0.25) is 0 Å². The number of hydrogen-bond acceptors (Lipinski definition) is 5. The van der Waals surface area contributed by atoms with Crippen molar-refractivity contribution in [1.82, 2.24) is 0 Å². The van der Waals surface area contributed by atoms with Crippen LogP contribution in [0.25, 0.3) is 0 Å². The summed E-state index contributed by atoms with van der Waals surface area (Å²) in [5.74, 6) is -1.84. The minimum atomic E-state index is -4.13. The summed E-state index contributed by atoms with van der Waals surface area (Å²) in [4.78, 5) is 24.3. The first kappa shape index (κ1) is 22.0. The molecule has 3 rings (SSSR count). The van der Waals surface area contributed by atoms with Gasteiger partial charge < -0.3 is 10.1 Å². The van der Waals surface area contributed by atoms with Crippen molar-refractivity contribution in [3.8, 4) is 0 Å². The molecule has 7 nitrogen and oxygen atoms in total. The maximum absolute atomic E-state index is 13.8. The van der Waals surface area contributed by atoms with Crippen LogP contribution in [0.1, 0.15) is 26.3 Å². The Kier molecular flexibility index (Phi) is 6.36. The van der Waals surface area contributed by atoms with Gasteiger partial charge in [-0.15, -0.1) is 0 Å². The van der Waals surface area contributed by atoms with Gasteiger partial charge in [-0.05, 0) is 55.0 Å². The highest BCUT2D eigenvalue weighted by atomic mass is 32.2. The van der Waals surface area contributed by atoms with E-state index in [0.717, 1.165) is 6.07 Å². The normalized spacial score (nSPS) is 10.9. The maximum Gasteiger partial charge on any atom is 0.338 e. The van der Waals surface area contributed by atoms with Crippen LogP contribution in [0, 0.1) is 12.7 Å². The molecule has 0 heterocycles. The van der Waals surface area contributed by atoms with E-state index in [-0.39, 0.29) is 16.1 Å². The van der Waals surface area contributed by atoms with Crippen molar-refractivity contribution in [2.24, 2.45) is 0 Å². The highest BCUT2D eigenvalue weighted by Gasteiger charge is 2.19. The summed E-state index contributed by atoms with van der Waals surface area (Å²) in [7, 11) is -2.87. The Morgan fingerprint density at radius 3 is 2.32 bits per heavy atom. The van der Waals surface area contributed by atoms with Gasteiger partial charge in [0.15, 0.2) is 0 Å². The van der Waals surface area contributed by atoms with Gasteiger partial charge in [0.2, 0.25) is 0 Å². The Labute approximate surface area is 178 Å². The number of nitrogens with one attached hydrogen (secondary N) is 2. The molecule has 1 amide bonds. The summed E-state index contributed by atoms with van der Waals surface area (Å²) in [6.07, 6.45) is 0.